The Bertz CT molecular complexity index is 469. The standard InChI is InChI=1S/C26H52N2O4/c1-5-6-7-8-9-10-11-12-13-14-15-16-17-18-19-20-21-24(32-26(31)27-2)22-28(3,4)23-25(29)30/h24H,5-23H2,1-4H3,(H-,27,29,30,31)/p+1. The fourth-order valence-electron chi connectivity index (χ4n) is 4.30. The maximum absolute atomic E-state index is 11.6. The first-order valence-corrected chi connectivity index (χ1v) is 13.2. The second-order valence-electron chi connectivity index (χ2n) is 10.0. The number of quaternary nitrogens is 1. The fraction of sp³-hybridized carbons (Fsp3) is 0.923. The number of alkyl carbamates (subject to hydrolysis) is 1. The molecule has 0 radical (unpaired) electrons. The van der Waals surface area contributed by atoms with E-state index >= 15 is 0 Å². The molecule has 0 rings (SSSR count). The summed E-state index contributed by atoms with van der Waals surface area (Å²) >= 11 is 0. The van der Waals surface area contributed by atoms with E-state index in [0.29, 0.717) is 11.0 Å². The van der Waals surface area contributed by atoms with E-state index in [4.69, 9.17) is 9.84 Å². The van der Waals surface area contributed by atoms with Gasteiger partial charge < -0.3 is 19.6 Å². The summed E-state index contributed by atoms with van der Waals surface area (Å²) < 4.78 is 5.78. The van der Waals surface area contributed by atoms with E-state index in [1.54, 1.807) is 7.05 Å². The second-order valence-corrected chi connectivity index (χ2v) is 10.0. The van der Waals surface area contributed by atoms with Crippen molar-refractivity contribution in [2.45, 2.75) is 122 Å². The minimum absolute atomic E-state index is 0.0204. The van der Waals surface area contributed by atoms with Gasteiger partial charge in [-0.3, -0.25) is 0 Å². The van der Waals surface area contributed by atoms with Gasteiger partial charge in [-0.05, 0) is 12.8 Å². The molecule has 1 amide bonds. The number of nitrogens with one attached hydrogen (secondary N) is 1. The SMILES string of the molecule is CCCCCCCCCCCCCCCCCCC(C[N+](C)(C)CC(=O)O)OC(=O)NC. The average Bonchev–Trinajstić information content (AvgIpc) is 2.71. The molecule has 32 heavy (non-hydrogen) atoms. The topological polar surface area (TPSA) is 75.6 Å². The predicted molar refractivity (Wildman–Crippen MR) is 133 cm³/mol. The van der Waals surface area contributed by atoms with Crippen molar-refractivity contribution in [1.82, 2.24) is 5.32 Å². The van der Waals surface area contributed by atoms with Gasteiger partial charge in [-0.2, -0.15) is 0 Å². The Morgan fingerprint density at radius 2 is 1.19 bits per heavy atom. The Hall–Kier alpha value is -1.30. The molecule has 0 aliphatic carbocycles. The molecule has 6 heteroatoms. The number of carbonyl (C=O) groups is 2. The molecule has 0 fully saturated rings. The number of likely N-dealkylation sites (N-methyl/N-ethyl adjacent to an activating group) is 1. The third-order valence-corrected chi connectivity index (χ3v) is 6.12. The highest BCUT2D eigenvalue weighted by Crippen LogP contribution is 2.16. The zero-order chi connectivity index (χ0) is 24.1. The van der Waals surface area contributed by atoms with Crippen molar-refractivity contribution in [2.24, 2.45) is 0 Å². The van der Waals surface area contributed by atoms with E-state index in [1.165, 1.54) is 89.9 Å². The Balaban J connectivity index is 3.74. The summed E-state index contributed by atoms with van der Waals surface area (Å²) in [6.45, 7) is 2.80. The lowest BCUT2D eigenvalue weighted by molar-refractivity contribution is -0.886. The molecule has 0 saturated heterocycles. The van der Waals surface area contributed by atoms with Gasteiger partial charge >= 0.3 is 12.1 Å². The van der Waals surface area contributed by atoms with E-state index in [-0.39, 0.29) is 12.6 Å². The van der Waals surface area contributed by atoms with Crippen LogP contribution in [0.1, 0.15) is 116 Å². The quantitative estimate of drug-likeness (QED) is 0.143. The zero-order valence-corrected chi connectivity index (χ0v) is 21.6. The number of hydrogen-bond donors (Lipinski definition) is 2. The first-order chi connectivity index (χ1) is 15.3. The zero-order valence-electron chi connectivity index (χ0n) is 21.6. The van der Waals surface area contributed by atoms with Crippen LogP contribution in [0.25, 0.3) is 0 Å². The summed E-state index contributed by atoms with van der Waals surface area (Å²) in [4.78, 5) is 22.7. The highest BCUT2D eigenvalue weighted by Gasteiger charge is 2.27. The summed E-state index contributed by atoms with van der Waals surface area (Å²) in [5.74, 6) is -0.837. The Kier molecular flexibility index (Phi) is 19.5. The largest absolute Gasteiger partial charge is 0.477 e. The molecule has 1 unspecified atom stereocenters. The molecule has 0 heterocycles. The van der Waals surface area contributed by atoms with Gasteiger partial charge in [0.05, 0.1) is 14.1 Å². The summed E-state index contributed by atoms with van der Waals surface area (Å²) in [6, 6.07) is 0. The van der Waals surface area contributed by atoms with Gasteiger partial charge in [0.2, 0.25) is 0 Å². The molecule has 0 spiro atoms. The minimum Gasteiger partial charge on any atom is -0.477 e. The summed E-state index contributed by atoms with van der Waals surface area (Å²) in [5.41, 5.74) is 0. The van der Waals surface area contributed by atoms with E-state index in [9.17, 15) is 9.59 Å². The number of ether oxygens (including phenoxy) is 1. The molecule has 0 aromatic heterocycles. The number of amides is 1. The third kappa shape index (κ3) is 20.6. The van der Waals surface area contributed by atoms with Gasteiger partial charge in [-0.15, -0.1) is 0 Å². The highest BCUT2D eigenvalue weighted by molar-refractivity contribution is 5.68. The van der Waals surface area contributed by atoms with Gasteiger partial charge in [0.15, 0.2) is 12.6 Å². The van der Waals surface area contributed by atoms with E-state index in [1.807, 2.05) is 14.1 Å². The first kappa shape index (κ1) is 30.7. The van der Waals surface area contributed by atoms with E-state index in [2.05, 4.69) is 12.2 Å². The molecule has 0 saturated carbocycles. The smallest absolute Gasteiger partial charge is 0.407 e. The molecular weight excluding hydrogens is 404 g/mol. The highest BCUT2D eigenvalue weighted by atomic mass is 16.6. The van der Waals surface area contributed by atoms with Crippen LogP contribution >= 0.6 is 0 Å². The van der Waals surface area contributed by atoms with Crippen molar-refractivity contribution < 1.29 is 23.9 Å². The summed E-state index contributed by atoms with van der Waals surface area (Å²) in [7, 11) is 5.27. The van der Waals surface area contributed by atoms with Crippen LogP contribution in [0, 0.1) is 0 Å². The van der Waals surface area contributed by atoms with Crippen LogP contribution in [0.2, 0.25) is 0 Å². The molecule has 0 aliphatic heterocycles. The Morgan fingerprint density at radius 1 is 0.781 bits per heavy atom. The number of nitrogens with zero attached hydrogens (tertiary/aromatic N) is 1. The monoisotopic (exact) mass is 457 g/mol. The molecule has 2 N–H and O–H groups in total. The molecule has 6 nitrogen and oxygen atoms in total. The molecule has 190 valence electrons. The van der Waals surface area contributed by atoms with Crippen molar-refractivity contribution in [1.29, 1.82) is 0 Å². The molecule has 1 atom stereocenters. The number of unbranched alkanes of at least 4 members (excludes halogenated alkanes) is 15. The van der Waals surface area contributed by atoms with E-state index < -0.39 is 12.1 Å². The lowest BCUT2D eigenvalue weighted by Gasteiger charge is -2.31. The molecule has 0 aliphatic rings. The van der Waals surface area contributed by atoms with Gasteiger partial charge in [0.1, 0.15) is 6.54 Å². The number of rotatable bonds is 22. The maximum atomic E-state index is 11.6. The van der Waals surface area contributed by atoms with Crippen LogP contribution in [-0.2, 0) is 9.53 Å². The Labute approximate surface area is 198 Å². The van der Waals surface area contributed by atoms with Crippen LogP contribution in [-0.4, -0.2) is 62.0 Å². The van der Waals surface area contributed by atoms with Crippen molar-refractivity contribution in [3.63, 3.8) is 0 Å². The molecule has 0 aromatic rings. The van der Waals surface area contributed by atoms with Crippen LogP contribution in [0.3, 0.4) is 0 Å². The molecule has 0 bridgehead atoms. The van der Waals surface area contributed by atoms with E-state index in [0.717, 1.165) is 19.3 Å². The van der Waals surface area contributed by atoms with Crippen molar-refractivity contribution in [3.8, 4) is 0 Å². The van der Waals surface area contributed by atoms with Crippen LogP contribution < -0.4 is 5.32 Å². The number of hydrogen-bond acceptors (Lipinski definition) is 3. The van der Waals surface area contributed by atoms with Crippen molar-refractivity contribution >= 4 is 12.1 Å². The molecular formula is C26H53N2O4+. The van der Waals surface area contributed by atoms with Gasteiger partial charge in [-0.1, -0.05) is 103 Å². The summed E-state index contributed by atoms with van der Waals surface area (Å²) in [5, 5.41) is 11.6. The second kappa shape index (κ2) is 20.3. The third-order valence-electron chi connectivity index (χ3n) is 6.12. The number of carboxylic acid groups (broad SMARTS) is 1. The number of aliphatic carboxylic acids is 1. The lowest BCUT2D eigenvalue weighted by Crippen LogP contribution is -2.49. The minimum atomic E-state index is -0.837. The van der Waals surface area contributed by atoms with Gasteiger partial charge in [0.25, 0.3) is 0 Å². The normalized spacial score (nSPS) is 12.5. The van der Waals surface area contributed by atoms with Crippen LogP contribution in [0.4, 0.5) is 4.79 Å². The van der Waals surface area contributed by atoms with Crippen molar-refractivity contribution in [2.75, 3.05) is 34.2 Å². The van der Waals surface area contributed by atoms with Crippen molar-refractivity contribution in [3.05, 3.63) is 0 Å². The molecule has 0 aromatic carbocycles. The summed E-state index contributed by atoms with van der Waals surface area (Å²) in [6.07, 6.45) is 21.4. The lowest BCUT2D eigenvalue weighted by atomic mass is 10.0. The van der Waals surface area contributed by atoms with Crippen LogP contribution in [0.15, 0.2) is 0 Å². The van der Waals surface area contributed by atoms with Gasteiger partial charge in [-0.25, -0.2) is 9.59 Å². The number of carbonyl (C=O) groups excluding carboxylic acids is 1. The average molecular weight is 458 g/mol. The first-order valence-electron chi connectivity index (χ1n) is 13.2. The van der Waals surface area contributed by atoms with Gasteiger partial charge in [0, 0.05) is 7.05 Å². The number of carboxylic acids is 1. The van der Waals surface area contributed by atoms with Crippen LogP contribution in [0.5, 0.6) is 0 Å². The Morgan fingerprint density at radius 3 is 1.56 bits per heavy atom. The fourth-order valence-corrected chi connectivity index (χ4v) is 4.30. The maximum Gasteiger partial charge on any atom is 0.407 e. The predicted octanol–water partition coefficient (Wildman–Crippen LogP) is 6.52.